The minimum Gasteiger partial charge on any atom is -0.434 e. The number of carbonyl (C=O) groups is 2. The third-order valence-corrected chi connectivity index (χ3v) is 3.64. The van der Waals surface area contributed by atoms with E-state index in [2.05, 4.69) is 0 Å². The van der Waals surface area contributed by atoms with Crippen molar-refractivity contribution in [3.05, 3.63) is 23.5 Å². The number of ether oxygens (including phenoxy) is 2. The predicted octanol–water partition coefficient (Wildman–Crippen LogP) is -0.122. The van der Waals surface area contributed by atoms with Crippen LogP contribution in [0.4, 0.5) is 20.6 Å². The van der Waals surface area contributed by atoms with Gasteiger partial charge in [-0.2, -0.15) is 0 Å². The van der Waals surface area contributed by atoms with Crippen molar-refractivity contribution in [2.24, 2.45) is 5.73 Å². The normalized spacial score (nSPS) is 24.2. The lowest BCUT2D eigenvalue weighted by Crippen LogP contribution is -2.38. The van der Waals surface area contributed by atoms with Crippen LogP contribution in [0.15, 0.2) is 12.1 Å². The zero-order chi connectivity index (χ0) is 16.0. The van der Waals surface area contributed by atoms with Crippen LogP contribution in [-0.4, -0.2) is 43.2 Å². The number of nitrogens with two attached hydrogens (primary N) is 1. The van der Waals surface area contributed by atoms with Crippen LogP contribution in [0.25, 0.3) is 0 Å². The summed E-state index contributed by atoms with van der Waals surface area (Å²) in [5, 5.41) is 9.57. The Morgan fingerprint density at radius 3 is 2.86 bits per heavy atom. The SMILES string of the molecule is CN1c2c(F)cc(N3C[C@H](C(N)=O)OC3=O)cc2COC1O. The fraction of sp³-hybridized carbons (Fsp3) is 0.385. The summed E-state index contributed by atoms with van der Waals surface area (Å²) in [7, 11) is 1.48. The number of anilines is 2. The van der Waals surface area contributed by atoms with Gasteiger partial charge in [-0.15, -0.1) is 0 Å². The van der Waals surface area contributed by atoms with Crippen LogP contribution in [0.1, 0.15) is 5.56 Å². The van der Waals surface area contributed by atoms with E-state index in [1.165, 1.54) is 11.9 Å². The van der Waals surface area contributed by atoms with Crippen LogP contribution in [0.2, 0.25) is 0 Å². The maximum absolute atomic E-state index is 14.3. The van der Waals surface area contributed by atoms with Crippen molar-refractivity contribution in [2.75, 3.05) is 23.4 Å². The van der Waals surface area contributed by atoms with E-state index in [-0.39, 0.29) is 24.5 Å². The van der Waals surface area contributed by atoms with E-state index in [1.54, 1.807) is 6.07 Å². The minimum atomic E-state index is -1.23. The Morgan fingerprint density at radius 2 is 2.23 bits per heavy atom. The lowest BCUT2D eigenvalue weighted by atomic mass is 10.1. The van der Waals surface area contributed by atoms with Gasteiger partial charge < -0.3 is 25.2 Å². The van der Waals surface area contributed by atoms with Crippen molar-refractivity contribution in [1.29, 1.82) is 0 Å². The zero-order valence-corrected chi connectivity index (χ0v) is 11.7. The summed E-state index contributed by atoms with van der Waals surface area (Å²) in [5.74, 6) is -1.38. The number of benzene rings is 1. The number of hydrogen-bond acceptors (Lipinski definition) is 6. The Kier molecular flexibility index (Phi) is 3.38. The highest BCUT2D eigenvalue weighted by molar-refractivity contribution is 5.95. The van der Waals surface area contributed by atoms with E-state index in [4.69, 9.17) is 15.2 Å². The summed E-state index contributed by atoms with van der Waals surface area (Å²) in [4.78, 5) is 25.2. The number of cyclic esters (lactones) is 1. The van der Waals surface area contributed by atoms with Crippen molar-refractivity contribution in [1.82, 2.24) is 0 Å². The Balaban J connectivity index is 1.95. The number of halogens is 1. The van der Waals surface area contributed by atoms with Gasteiger partial charge in [0.25, 0.3) is 5.91 Å². The molecule has 9 heteroatoms. The van der Waals surface area contributed by atoms with Gasteiger partial charge in [-0.1, -0.05) is 0 Å². The predicted molar refractivity (Wildman–Crippen MR) is 72.4 cm³/mol. The standard InChI is InChI=1S/C13H14FN3O5/c1-16-10-6(5-21-12(16)19)2-7(3-8(10)14)17-4-9(11(15)18)22-13(17)20/h2-3,9,12,19H,4-5H2,1H3,(H2,15,18)/t9-,12?/m1/s1. The highest BCUT2D eigenvalue weighted by Gasteiger charge is 2.37. The molecule has 0 saturated carbocycles. The second kappa shape index (κ2) is 5.11. The van der Waals surface area contributed by atoms with E-state index in [1.807, 2.05) is 0 Å². The number of amides is 2. The molecule has 1 fully saturated rings. The summed E-state index contributed by atoms with van der Waals surface area (Å²) in [6.45, 7) is -0.0839. The first-order valence-corrected chi connectivity index (χ1v) is 6.51. The first kappa shape index (κ1) is 14.5. The average molecular weight is 311 g/mol. The number of carbonyl (C=O) groups excluding carboxylic acids is 2. The molecule has 2 amide bonds. The first-order valence-electron chi connectivity index (χ1n) is 6.51. The summed E-state index contributed by atoms with van der Waals surface area (Å²) >= 11 is 0. The highest BCUT2D eigenvalue weighted by Crippen LogP contribution is 2.35. The van der Waals surface area contributed by atoms with Crippen molar-refractivity contribution < 1.29 is 28.6 Å². The molecule has 0 spiro atoms. The maximum atomic E-state index is 14.3. The Morgan fingerprint density at radius 1 is 1.50 bits per heavy atom. The molecule has 0 radical (unpaired) electrons. The molecule has 2 aliphatic rings. The van der Waals surface area contributed by atoms with Gasteiger partial charge in [0.2, 0.25) is 6.41 Å². The van der Waals surface area contributed by atoms with Gasteiger partial charge in [-0.25, -0.2) is 9.18 Å². The van der Waals surface area contributed by atoms with Gasteiger partial charge in [-0.05, 0) is 12.1 Å². The van der Waals surface area contributed by atoms with Gasteiger partial charge in [0.15, 0.2) is 6.10 Å². The number of aliphatic hydroxyl groups excluding tert-OH is 1. The molecule has 1 unspecified atom stereocenters. The summed E-state index contributed by atoms with van der Waals surface area (Å²) < 4.78 is 24.2. The van der Waals surface area contributed by atoms with Crippen molar-refractivity contribution in [3.8, 4) is 0 Å². The minimum absolute atomic E-state index is 0.00621. The van der Waals surface area contributed by atoms with Gasteiger partial charge >= 0.3 is 6.09 Å². The summed E-state index contributed by atoms with van der Waals surface area (Å²) in [6.07, 6.45) is -3.07. The van der Waals surface area contributed by atoms with Gasteiger partial charge in [0.05, 0.1) is 24.5 Å². The molecule has 2 atom stereocenters. The first-order chi connectivity index (χ1) is 10.4. The molecule has 1 aromatic rings. The number of nitrogens with zero attached hydrogens (tertiary/aromatic N) is 2. The second-order valence-corrected chi connectivity index (χ2v) is 5.07. The average Bonchev–Trinajstić information content (AvgIpc) is 2.85. The van der Waals surface area contributed by atoms with Crippen LogP contribution < -0.4 is 15.5 Å². The molecule has 3 rings (SSSR count). The van der Waals surface area contributed by atoms with E-state index in [0.717, 1.165) is 11.0 Å². The highest BCUT2D eigenvalue weighted by atomic mass is 19.1. The topological polar surface area (TPSA) is 105 Å². The number of rotatable bonds is 2. The lowest BCUT2D eigenvalue weighted by molar-refractivity contribution is -0.124. The van der Waals surface area contributed by atoms with E-state index >= 15 is 0 Å². The number of primary amides is 1. The molecule has 1 saturated heterocycles. The molecular formula is C13H14FN3O5. The van der Waals surface area contributed by atoms with Gasteiger partial charge in [0.1, 0.15) is 5.82 Å². The third-order valence-electron chi connectivity index (χ3n) is 3.64. The fourth-order valence-corrected chi connectivity index (χ4v) is 2.51. The molecule has 0 bridgehead atoms. The van der Waals surface area contributed by atoms with Crippen molar-refractivity contribution >= 4 is 23.4 Å². The molecule has 2 aliphatic heterocycles. The number of aliphatic hydroxyl groups is 1. The van der Waals surface area contributed by atoms with Crippen LogP contribution in [0, 0.1) is 5.82 Å². The number of hydrogen-bond donors (Lipinski definition) is 2. The van der Waals surface area contributed by atoms with Gasteiger partial charge in [0, 0.05) is 12.6 Å². The maximum Gasteiger partial charge on any atom is 0.415 e. The van der Waals surface area contributed by atoms with Crippen LogP contribution in [-0.2, 0) is 20.9 Å². The molecule has 1 aromatic carbocycles. The zero-order valence-electron chi connectivity index (χ0n) is 11.7. The van der Waals surface area contributed by atoms with Crippen LogP contribution in [0.3, 0.4) is 0 Å². The molecule has 3 N–H and O–H groups in total. The van der Waals surface area contributed by atoms with Crippen molar-refractivity contribution in [2.45, 2.75) is 19.1 Å². The monoisotopic (exact) mass is 311 g/mol. The Labute approximate surface area is 124 Å². The second-order valence-electron chi connectivity index (χ2n) is 5.07. The third kappa shape index (κ3) is 2.24. The largest absolute Gasteiger partial charge is 0.434 e. The van der Waals surface area contributed by atoms with Crippen LogP contribution >= 0.6 is 0 Å². The van der Waals surface area contributed by atoms with Gasteiger partial charge in [-0.3, -0.25) is 9.69 Å². The quantitative estimate of drug-likeness (QED) is 0.789. The molecule has 0 aromatic heterocycles. The van der Waals surface area contributed by atoms with E-state index in [0.29, 0.717) is 5.56 Å². The van der Waals surface area contributed by atoms with Crippen molar-refractivity contribution in [3.63, 3.8) is 0 Å². The fourth-order valence-electron chi connectivity index (χ4n) is 2.51. The van der Waals surface area contributed by atoms with E-state index in [9.17, 15) is 19.1 Å². The molecule has 22 heavy (non-hydrogen) atoms. The summed E-state index contributed by atoms with van der Waals surface area (Å²) in [6, 6.07) is 2.68. The molecule has 0 aliphatic carbocycles. The Bertz CT molecular complexity index is 653. The van der Waals surface area contributed by atoms with Crippen LogP contribution in [0.5, 0.6) is 0 Å². The molecule has 118 valence electrons. The number of fused-ring (bicyclic) bond motifs is 1. The molecular weight excluding hydrogens is 297 g/mol. The lowest BCUT2D eigenvalue weighted by Gasteiger charge is -2.33. The molecule has 2 heterocycles. The summed E-state index contributed by atoms with van der Waals surface area (Å²) in [5.41, 5.74) is 6.00. The Hall–Kier alpha value is -2.39. The smallest absolute Gasteiger partial charge is 0.415 e. The van der Waals surface area contributed by atoms with E-state index < -0.39 is 30.3 Å². The molecule has 8 nitrogen and oxygen atoms in total.